The van der Waals surface area contributed by atoms with Gasteiger partial charge < -0.3 is 10.6 Å². The van der Waals surface area contributed by atoms with Gasteiger partial charge in [0.1, 0.15) is 5.69 Å². The van der Waals surface area contributed by atoms with Gasteiger partial charge >= 0.3 is 0 Å². The molecule has 1 aromatic carbocycles. The third-order valence-electron chi connectivity index (χ3n) is 3.23. The van der Waals surface area contributed by atoms with E-state index in [1.807, 2.05) is 11.8 Å². The molecule has 2 unspecified atom stereocenters. The number of rotatable bonds is 2. The molecule has 1 aliphatic rings. The van der Waals surface area contributed by atoms with Crippen LogP contribution in [0.4, 0.5) is 11.4 Å². The van der Waals surface area contributed by atoms with Crippen LogP contribution in [0.3, 0.4) is 0 Å². The predicted molar refractivity (Wildman–Crippen MR) is 72.5 cm³/mol. The first-order valence-electron chi connectivity index (χ1n) is 5.54. The van der Waals surface area contributed by atoms with Crippen LogP contribution in [-0.2, 0) is 0 Å². The highest BCUT2D eigenvalue weighted by molar-refractivity contribution is 6.42. The number of halogens is 2. The summed E-state index contributed by atoms with van der Waals surface area (Å²) in [7, 11) is 0. The van der Waals surface area contributed by atoms with E-state index in [4.69, 9.17) is 28.9 Å². The van der Waals surface area contributed by atoms with Gasteiger partial charge in [-0.15, -0.1) is 0 Å². The van der Waals surface area contributed by atoms with E-state index in [1.165, 1.54) is 12.1 Å². The summed E-state index contributed by atoms with van der Waals surface area (Å²) < 4.78 is 0. The quantitative estimate of drug-likeness (QED) is 0.671. The monoisotopic (exact) mass is 289 g/mol. The molecule has 98 valence electrons. The fraction of sp³-hybridized carbons (Fsp3) is 0.455. The van der Waals surface area contributed by atoms with Crippen molar-refractivity contribution in [2.45, 2.75) is 13.0 Å². The Morgan fingerprint density at radius 2 is 2.00 bits per heavy atom. The number of benzene rings is 1. The number of nitro benzene ring substituents is 1. The van der Waals surface area contributed by atoms with Gasteiger partial charge in [-0.2, -0.15) is 0 Å². The standard InChI is InChI=1S/C11H13Cl2N3O2/c1-6-4-15(5-9(6)14)10-2-7(12)8(13)3-11(10)16(17)18/h2-3,6,9H,4-5,14H2,1H3. The Morgan fingerprint density at radius 1 is 1.39 bits per heavy atom. The summed E-state index contributed by atoms with van der Waals surface area (Å²) in [5.74, 6) is 0.291. The zero-order chi connectivity index (χ0) is 13.4. The minimum Gasteiger partial charge on any atom is -0.364 e. The minimum atomic E-state index is -0.452. The number of hydrogen-bond acceptors (Lipinski definition) is 4. The largest absolute Gasteiger partial charge is 0.364 e. The van der Waals surface area contributed by atoms with Crippen LogP contribution < -0.4 is 10.6 Å². The molecule has 0 saturated carbocycles. The van der Waals surface area contributed by atoms with Crippen molar-refractivity contribution in [3.63, 3.8) is 0 Å². The van der Waals surface area contributed by atoms with Gasteiger partial charge in [-0.25, -0.2) is 0 Å². The van der Waals surface area contributed by atoms with Crippen LogP contribution in [0.15, 0.2) is 12.1 Å². The van der Waals surface area contributed by atoms with Gasteiger partial charge in [0.05, 0.1) is 15.0 Å². The predicted octanol–water partition coefficient (Wildman–Crippen LogP) is 2.69. The normalized spacial score (nSPS) is 23.4. The maximum Gasteiger partial charge on any atom is 0.294 e. The molecule has 1 fully saturated rings. The summed E-state index contributed by atoms with van der Waals surface area (Å²) in [6.45, 7) is 3.29. The number of hydrogen-bond donors (Lipinski definition) is 1. The first-order chi connectivity index (χ1) is 8.40. The van der Waals surface area contributed by atoms with Crippen LogP contribution in [0, 0.1) is 16.0 Å². The molecule has 0 aromatic heterocycles. The fourth-order valence-corrected chi connectivity index (χ4v) is 2.43. The molecule has 0 aliphatic carbocycles. The van der Waals surface area contributed by atoms with E-state index in [9.17, 15) is 10.1 Å². The summed E-state index contributed by atoms with van der Waals surface area (Å²) in [5.41, 5.74) is 6.37. The molecule has 0 spiro atoms. The molecule has 18 heavy (non-hydrogen) atoms. The molecule has 2 atom stereocenters. The van der Waals surface area contributed by atoms with Crippen molar-refractivity contribution >= 4 is 34.6 Å². The number of nitrogens with zero attached hydrogens (tertiary/aromatic N) is 2. The van der Waals surface area contributed by atoms with Gasteiger partial charge in [0.15, 0.2) is 0 Å². The van der Waals surface area contributed by atoms with Crippen molar-refractivity contribution in [2.75, 3.05) is 18.0 Å². The lowest BCUT2D eigenvalue weighted by molar-refractivity contribution is -0.384. The lowest BCUT2D eigenvalue weighted by Crippen LogP contribution is -2.28. The van der Waals surface area contributed by atoms with Crippen molar-refractivity contribution in [3.8, 4) is 0 Å². The highest BCUT2D eigenvalue weighted by atomic mass is 35.5. The average molecular weight is 290 g/mol. The van der Waals surface area contributed by atoms with Gasteiger partial charge in [-0.3, -0.25) is 10.1 Å². The summed E-state index contributed by atoms with van der Waals surface area (Å²) in [6.07, 6.45) is 0. The summed E-state index contributed by atoms with van der Waals surface area (Å²) in [6, 6.07) is 2.83. The van der Waals surface area contributed by atoms with E-state index in [0.29, 0.717) is 29.7 Å². The summed E-state index contributed by atoms with van der Waals surface area (Å²) >= 11 is 11.7. The maximum absolute atomic E-state index is 11.1. The van der Waals surface area contributed by atoms with E-state index in [0.717, 1.165) is 0 Å². The zero-order valence-corrected chi connectivity index (χ0v) is 11.3. The van der Waals surface area contributed by atoms with Crippen LogP contribution in [0.25, 0.3) is 0 Å². The molecule has 1 aromatic rings. The van der Waals surface area contributed by atoms with E-state index < -0.39 is 4.92 Å². The van der Waals surface area contributed by atoms with Crippen molar-refractivity contribution in [3.05, 3.63) is 32.3 Å². The van der Waals surface area contributed by atoms with E-state index in [1.54, 1.807) is 0 Å². The lowest BCUT2D eigenvalue weighted by atomic mass is 10.1. The Labute approximate surface area is 115 Å². The Bertz CT molecular complexity index is 485. The van der Waals surface area contributed by atoms with Crippen LogP contribution in [0.5, 0.6) is 0 Å². The van der Waals surface area contributed by atoms with Crippen LogP contribution in [-0.4, -0.2) is 24.1 Å². The molecule has 0 bridgehead atoms. The third kappa shape index (κ3) is 2.39. The molecule has 7 heteroatoms. The number of anilines is 1. The number of nitrogens with two attached hydrogens (primary N) is 1. The molecular formula is C11H13Cl2N3O2. The molecule has 1 heterocycles. The van der Waals surface area contributed by atoms with Gasteiger partial charge in [0, 0.05) is 25.2 Å². The summed E-state index contributed by atoms with van der Waals surface area (Å²) in [5, 5.41) is 11.5. The summed E-state index contributed by atoms with van der Waals surface area (Å²) in [4.78, 5) is 12.5. The Morgan fingerprint density at radius 3 is 2.50 bits per heavy atom. The Balaban J connectivity index is 2.43. The Hall–Kier alpha value is -1.04. The topological polar surface area (TPSA) is 72.4 Å². The second-order valence-electron chi connectivity index (χ2n) is 4.56. The third-order valence-corrected chi connectivity index (χ3v) is 3.95. The lowest BCUT2D eigenvalue weighted by Gasteiger charge is -2.18. The molecule has 0 radical (unpaired) electrons. The molecule has 0 amide bonds. The highest BCUT2D eigenvalue weighted by Gasteiger charge is 2.31. The minimum absolute atomic E-state index is 0.0130. The zero-order valence-electron chi connectivity index (χ0n) is 9.77. The fourth-order valence-electron chi connectivity index (χ4n) is 2.11. The molecule has 1 aliphatic heterocycles. The molecular weight excluding hydrogens is 277 g/mol. The van der Waals surface area contributed by atoms with E-state index >= 15 is 0 Å². The molecule has 2 N–H and O–H groups in total. The first kappa shape index (κ1) is 13.4. The molecule has 5 nitrogen and oxygen atoms in total. The number of nitro groups is 1. The van der Waals surface area contributed by atoms with Crippen LogP contribution >= 0.6 is 23.2 Å². The molecule has 2 rings (SSSR count). The van der Waals surface area contributed by atoms with Crippen LogP contribution in [0.1, 0.15) is 6.92 Å². The van der Waals surface area contributed by atoms with Gasteiger partial charge in [0.25, 0.3) is 5.69 Å². The van der Waals surface area contributed by atoms with Gasteiger partial charge in [-0.1, -0.05) is 30.1 Å². The maximum atomic E-state index is 11.1. The van der Waals surface area contributed by atoms with Gasteiger partial charge in [-0.05, 0) is 12.0 Å². The first-order valence-corrected chi connectivity index (χ1v) is 6.29. The van der Waals surface area contributed by atoms with Crippen molar-refractivity contribution in [1.82, 2.24) is 0 Å². The smallest absolute Gasteiger partial charge is 0.294 e. The van der Waals surface area contributed by atoms with Crippen LogP contribution in [0.2, 0.25) is 10.0 Å². The molecule has 1 saturated heterocycles. The Kier molecular flexibility index (Phi) is 3.66. The highest BCUT2D eigenvalue weighted by Crippen LogP contribution is 2.38. The second-order valence-corrected chi connectivity index (χ2v) is 5.37. The average Bonchev–Trinajstić information content (AvgIpc) is 2.62. The van der Waals surface area contributed by atoms with Crippen molar-refractivity contribution in [1.29, 1.82) is 0 Å². The van der Waals surface area contributed by atoms with Gasteiger partial charge in [0.2, 0.25) is 0 Å². The van der Waals surface area contributed by atoms with E-state index in [-0.39, 0.29) is 16.8 Å². The second kappa shape index (κ2) is 4.91. The van der Waals surface area contributed by atoms with Crippen molar-refractivity contribution < 1.29 is 4.92 Å². The van der Waals surface area contributed by atoms with Crippen molar-refractivity contribution in [2.24, 2.45) is 11.7 Å². The van der Waals surface area contributed by atoms with E-state index in [2.05, 4.69) is 0 Å². The SMILES string of the molecule is CC1CN(c2cc(Cl)c(Cl)cc2[N+](=O)[O-])CC1N.